The molecule has 0 aromatic carbocycles. The van der Waals surface area contributed by atoms with Gasteiger partial charge in [0.05, 0.1) is 19.0 Å². The molecule has 0 atom stereocenters. The summed E-state index contributed by atoms with van der Waals surface area (Å²) in [5.41, 5.74) is 3.27. The van der Waals surface area contributed by atoms with Gasteiger partial charge in [-0.05, 0) is 19.3 Å². The highest BCUT2D eigenvalue weighted by molar-refractivity contribution is 7.16. The Morgan fingerprint density at radius 2 is 2.27 bits per heavy atom. The Hall–Kier alpha value is -2.48. The average molecular weight is 314 g/mol. The van der Waals surface area contributed by atoms with Crippen LogP contribution < -0.4 is 10.1 Å². The number of thiazole rings is 1. The molecule has 0 fully saturated rings. The lowest BCUT2D eigenvalue weighted by Crippen LogP contribution is -1.98. The summed E-state index contributed by atoms with van der Waals surface area (Å²) in [7, 11) is 1.58. The van der Waals surface area contributed by atoms with Gasteiger partial charge in [-0.15, -0.1) is 11.3 Å². The van der Waals surface area contributed by atoms with Crippen LogP contribution in [0.1, 0.15) is 17.0 Å². The van der Waals surface area contributed by atoms with Crippen LogP contribution in [0.15, 0.2) is 18.5 Å². The highest BCUT2D eigenvalue weighted by Crippen LogP contribution is 2.36. The summed E-state index contributed by atoms with van der Waals surface area (Å²) in [6.07, 6.45) is 6.64. The number of nitrogens with zero attached hydrogens (tertiary/aromatic N) is 4. The van der Waals surface area contributed by atoms with E-state index < -0.39 is 0 Å². The van der Waals surface area contributed by atoms with Crippen LogP contribution in [0.3, 0.4) is 0 Å². The second-order valence-corrected chi connectivity index (χ2v) is 6.04. The van der Waals surface area contributed by atoms with Crippen molar-refractivity contribution >= 4 is 22.4 Å². The van der Waals surface area contributed by atoms with E-state index in [4.69, 9.17) is 9.72 Å². The fourth-order valence-corrected chi connectivity index (χ4v) is 3.54. The second-order valence-electron chi connectivity index (χ2n) is 4.95. The number of nitrogens with one attached hydrogen (secondary N) is 2. The van der Waals surface area contributed by atoms with Crippen LogP contribution in [0.25, 0.3) is 11.3 Å². The van der Waals surface area contributed by atoms with Gasteiger partial charge in [0.25, 0.3) is 0 Å². The smallest absolute Gasteiger partial charge is 0.232 e. The zero-order valence-corrected chi connectivity index (χ0v) is 12.8. The minimum Gasteiger partial charge on any atom is -0.481 e. The van der Waals surface area contributed by atoms with Gasteiger partial charge in [0.15, 0.2) is 5.13 Å². The fourth-order valence-electron chi connectivity index (χ4n) is 2.53. The summed E-state index contributed by atoms with van der Waals surface area (Å²) in [4.78, 5) is 14.4. The molecule has 1 aliphatic rings. The topological polar surface area (TPSA) is 88.6 Å². The van der Waals surface area contributed by atoms with E-state index in [-0.39, 0.29) is 0 Å². The van der Waals surface area contributed by atoms with Crippen LogP contribution in [0.5, 0.6) is 5.88 Å². The van der Waals surface area contributed by atoms with Gasteiger partial charge in [0.2, 0.25) is 11.8 Å². The van der Waals surface area contributed by atoms with Crippen LogP contribution in [0.2, 0.25) is 0 Å². The van der Waals surface area contributed by atoms with E-state index in [9.17, 15) is 0 Å². The minimum absolute atomic E-state index is 0.482. The van der Waals surface area contributed by atoms with E-state index in [2.05, 4.69) is 25.5 Å². The molecule has 2 N–H and O–H groups in total. The van der Waals surface area contributed by atoms with Crippen LogP contribution in [0, 0.1) is 0 Å². The monoisotopic (exact) mass is 314 g/mol. The van der Waals surface area contributed by atoms with Gasteiger partial charge >= 0.3 is 0 Å². The number of anilines is 2. The predicted molar refractivity (Wildman–Crippen MR) is 83.6 cm³/mol. The molecular formula is C14H14N6OS. The molecule has 7 nitrogen and oxygen atoms in total. The van der Waals surface area contributed by atoms with Crippen molar-refractivity contribution in [2.45, 2.75) is 19.3 Å². The van der Waals surface area contributed by atoms with E-state index in [0.29, 0.717) is 11.8 Å². The van der Waals surface area contributed by atoms with E-state index in [1.807, 2.05) is 6.20 Å². The number of rotatable bonds is 3. The van der Waals surface area contributed by atoms with Crippen LogP contribution in [0.4, 0.5) is 11.1 Å². The van der Waals surface area contributed by atoms with Crippen molar-refractivity contribution in [3.63, 3.8) is 0 Å². The van der Waals surface area contributed by atoms with Gasteiger partial charge in [0, 0.05) is 28.4 Å². The number of H-pyrrole nitrogens is 1. The summed E-state index contributed by atoms with van der Waals surface area (Å²) < 4.78 is 5.11. The van der Waals surface area contributed by atoms with E-state index in [1.165, 1.54) is 4.88 Å². The third-order valence-corrected chi connectivity index (χ3v) is 4.59. The molecule has 0 spiro atoms. The van der Waals surface area contributed by atoms with Crippen molar-refractivity contribution in [2.75, 3.05) is 12.4 Å². The molecule has 22 heavy (non-hydrogen) atoms. The van der Waals surface area contributed by atoms with Crippen molar-refractivity contribution in [1.29, 1.82) is 0 Å². The first-order chi connectivity index (χ1) is 10.8. The van der Waals surface area contributed by atoms with Gasteiger partial charge in [-0.3, -0.25) is 10.4 Å². The number of aromatic amines is 1. The standard InChI is InChI=1S/C14H14N6OS/c1-21-11-5-6-15-13(17-11)19-14-18-12-8-7-16-20-9(8)3-2-4-10(12)22-14/h5-7H,2-4H2,1H3,(H,16,20)(H,15,17,18,19). The number of fused-ring (bicyclic) bond motifs is 3. The number of aryl methyl sites for hydroxylation is 2. The Morgan fingerprint density at radius 3 is 3.18 bits per heavy atom. The molecule has 0 amide bonds. The molecule has 8 heteroatoms. The predicted octanol–water partition coefficient (Wildman–Crippen LogP) is 2.56. The molecule has 0 bridgehead atoms. The first-order valence-corrected chi connectivity index (χ1v) is 7.81. The van der Waals surface area contributed by atoms with Gasteiger partial charge < -0.3 is 4.74 Å². The molecule has 0 unspecified atom stereocenters. The van der Waals surface area contributed by atoms with Crippen molar-refractivity contribution in [3.8, 4) is 17.1 Å². The van der Waals surface area contributed by atoms with E-state index in [1.54, 1.807) is 30.7 Å². The quantitative estimate of drug-likeness (QED) is 0.772. The number of methoxy groups -OCH3 is 1. The van der Waals surface area contributed by atoms with Crippen molar-refractivity contribution in [3.05, 3.63) is 29.0 Å². The summed E-state index contributed by atoms with van der Waals surface area (Å²) in [6.45, 7) is 0. The van der Waals surface area contributed by atoms with Gasteiger partial charge in [-0.2, -0.15) is 10.1 Å². The number of hydrogen-bond acceptors (Lipinski definition) is 7. The molecule has 4 rings (SSSR count). The zero-order valence-electron chi connectivity index (χ0n) is 12.0. The first-order valence-electron chi connectivity index (χ1n) is 7.00. The summed E-state index contributed by atoms with van der Waals surface area (Å²) >= 11 is 1.64. The highest BCUT2D eigenvalue weighted by atomic mass is 32.1. The molecule has 0 saturated carbocycles. The van der Waals surface area contributed by atoms with Crippen LogP contribution >= 0.6 is 11.3 Å². The van der Waals surface area contributed by atoms with E-state index >= 15 is 0 Å². The summed E-state index contributed by atoms with van der Waals surface area (Å²) in [5.74, 6) is 1.00. The number of aromatic nitrogens is 5. The molecule has 3 heterocycles. The van der Waals surface area contributed by atoms with Gasteiger partial charge in [-0.1, -0.05) is 0 Å². The Bertz CT molecular complexity index is 811. The third kappa shape index (κ3) is 2.31. The largest absolute Gasteiger partial charge is 0.481 e. The summed E-state index contributed by atoms with van der Waals surface area (Å²) in [6, 6.07) is 1.71. The maximum Gasteiger partial charge on any atom is 0.232 e. The third-order valence-electron chi connectivity index (χ3n) is 3.56. The molecule has 112 valence electrons. The van der Waals surface area contributed by atoms with E-state index in [0.717, 1.165) is 41.3 Å². The first kappa shape index (κ1) is 13.2. The molecular weight excluding hydrogens is 300 g/mol. The summed E-state index contributed by atoms with van der Waals surface area (Å²) in [5, 5.41) is 11.1. The van der Waals surface area contributed by atoms with Gasteiger partial charge in [-0.25, -0.2) is 9.97 Å². The number of hydrogen-bond donors (Lipinski definition) is 2. The molecule has 3 aromatic rings. The van der Waals surface area contributed by atoms with Crippen molar-refractivity contribution < 1.29 is 4.74 Å². The Morgan fingerprint density at radius 1 is 1.32 bits per heavy atom. The Labute approximate surface area is 130 Å². The maximum absolute atomic E-state index is 5.11. The molecule has 0 saturated heterocycles. The lowest BCUT2D eigenvalue weighted by Gasteiger charge is -2.02. The minimum atomic E-state index is 0.482. The Balaban J connectivity index is 1.67. The van der Waals surface area contributed by atoms with Crippen LogP contribution in [-0.4, -0.2) is 32.3 Å². The van der Waals surface area contributed by atoms with Crippen LogP contribution in [-0.2, 0) is 12.8 Å². The molecule has 0 radical (unpaired) electrons. The normalized spacial score (nSPS) is 13.1. The lowest BCUT2D eigenvalue weighted by molar-refractivity contribution is 0.397. The molecule has 0 aliphatic heterocycles. The number of ether oxygens (including phenoxy) is 1. The zero-order chi connectivity index (χ0) is 14.9. The molecule has 1 aliphatic carbocycles. The van der Waals surface area contributed by atoms with Crippen molar-refractivity contribution in [1.82, 2.24) is 25.1 Å². The fraction of sp³-hybridized carbons (Fsp3) is 0.286. The molecule has 3 aromatic heterocycles. The lowest BCUT2D eigenvalue weighted by atomic mass is 10.2. The Kier molecular flexibility index (Phi) is 3.23. The highest BCUT2D eigenvalue weighted by Gasteiger charge is 2.21. The second kappa shape index (κ2) is 5.38. The van der Waals surface area contributed by atoms with Gasteiger partial charge in [0.1, 0.15) is 0 Å². The maximum atomic E-state index is 5.11. The van der Waals surface area contributed by atoms with Crippen molar-refractivity contribution in [2.24, 2.45) is 0 Å². The average Bonchev–Trinajstić information content (AvgIpc) is 3.11. The SMILES string of the molecule is COc1ccnc(Nc2nc3c(s2)CCCc2[nH]ncc2-3)n1.